The van der Waals surface area contributed by atoms with E-state index in [0.29, 0.717) is 0 Å². The lowest BCUT2D eigenvalue weighted by Gasteiger charge is -2.31. The van der Waals surface area contributed by atoms with Crippen molar-refractivity contribution in [3.05, 3.63) is 29.8 Å². The van der Waals surface area contributed by atoms with E-state index in [9.17, 15) is 5.26 Å². The molecule has 84 valence electrons. The molecule has 1 saturated carbocycles. The highest BCUT2D eigenvalue weighted by molar-refractivity contribution is 5.54. The van der Waals surface area contributed by atoms with Gasteiger partial charge in [0.2, 0.25) is 0 Å². The number of benzene rings is 1. The van der Waals surface area contributed by atoms with Gasteiger partial charge in [0.15, 0.2) is 0 Å². The summed E-state index contributed by atoms with van der Waals surface area (Å²) in [6.07, 6.45) is 2.27. The second kappa shape index (κ2) is 3.52. The van der Waals surface area contributed by atoms with Crippen LogP contribution in [0.1, 0.15) is 32.3 Å². The highest BCUT2D eigenvalue weighted by Crippen LogP contribution is 2.54. The van der Waals surface area contributed by atoms with Crippen molar-refractivity contribution in [2.75, 3.05) is 5.32 Å². The van der Waals surface area contributed by atoms with Gasteiger partial charge in [0.1, 0.15) is 5.54 Å². The van der Waals surface area contributed by atoms with E-state index in [4.69, 9.17) is 0 Å². The number of nitrogens with zero attached hydrogens (tertiary/aromatic N) is 1. The maximum Gasteiger partial charge on any atom is 0.127 e. The van der Waals surface area contributed by atoms with Crippen LogP contribution in [0.25, 0.3) is 0 Å². The third kappa shape index (κ3) is 1.67. The minimum absolute atomic E-state index is 0.129. The van der Waals surface area contributed by atoms with Gasteiger partial charge >= 0.3 is 0 Å². The lowest BCUT2D eigenvalue weighted by atomic mass is 9.84. The van der Waals surface area contributed by atoms with E-state index >= 15 is 0 Å². The van der Waals surface area contributed by atoms with Crippen molar-refractivity contribution >= 4 is 5.69 Å². The van der Waals surface area contributed by atoms with Gasteiger partial charge in [-0.1, -0.05) is 25.1 Å². The van der Waals surface area contributed by atoms with Crippen LogP contribution in [0.2, 0.25) is 0 Å². The smallest absolute Gasteiger partial charge is 0.127 e. The maximum absolute atomic E-state index is 9.40. The molecule has 0 heterocycles. The van der Waals surface area contributed by atoms with Gasteiger partial charge in [-0.3, -0.25) is 0 Å². The quantitative estimate of drug-likeness (QED) is 0.836. The summed E-state index contributed by atoms with van der Waals surface area (Å²) >= 11 is 0. The Morgan fingerprint density at radius 3 is 2.50 bits per heavy atom. The van der Waals surface area contributed by atoms with Crippen molar-refractivity contribution in [2.45, 2.75) is 39.2 Å². The third-order valence-corrected chi connectivity index (χ3v) is 3.96. The molecule has 1 N–H and O–H groups in total. The summed E-state index contributed by atoms with van der Waals surface area (Å²) in [6, 6.07) is 10.6. The van der Waals surface area contributed by atoms with Crippen LogP contribution < -0.4 is 5.32 Å². The lowest BCUT2D eigenvalue weighted by Crippen LogP contribution is -2.41. The summed E-state index contributed by atoms with van der Waals surface area (Å²) in [7, 11) is 0. The van der Waals surface area contributed by atoms with Gasteiger partial charge in [0.25, 0.3) is 0 Å². The molecule has 0 spiro atoms. The van der Waals surface area contributed by atoms with Gasteiger partial charge in [-0.05, 0) is 38.3 Å². The Labute approximate surface area is 97.3 Å². The molecular weight excluding hydrogens is 196 g/mol. The maximum atomic E-state index is 9.40. The molecule has 16 heavy (non-hydrogen) atoms. The first kappa shape index (κ1) is 11.0. The van der Waals surface area contributed by atoms with Gasteiger partial charge in [-0.2, -0.15) is 5.26 Å². The fourth-order valence-corrected chi connectivity index (χ4v) is 1.98. The van der Waals surface area contributed by atoms with Crippen molar-refractivity contribution in [1.82, 2.24) is 0 Å². The summed E-state index contributed by atoms with van der Waals surface area (Å²) in [5.74, 6) is 0. The highest BCUT2D eigenvalue weighted by Gasteiger charge is 2.53. The van der Waals surface area contributed by atoms with Gasteiger partial charge in [-0.25, -0.2) is 0 Å². The van der Waals surface area contributed by atoms with Crippen LogP contribution in [0, 0.1) is 23.7 Å². The number of nitrogens with one attached hydrogen (secondary N) is 1. The van der Waals surface area contributed by atoms with Gasteiger partial charge in [0.05, 0.1) is 6.07 Å². The number of aryl methyl sites for hydroxylation is 1. The number of rotatable bonds is 3. The zero-order chi connectivity index (χ0) is 11.8. The topological polar surface area (TPSA) is 35.8 Å². The summed E-state index contributed by atoms with van der Waals surface area (Å²) < 4.78 is 0. The fourth-order valence-electron chi connectivity index (χ4n) is 1.98. The Kier molecular flexibility index (Phi) is 2.42. The zero-order valence-electron chi connectivity index (χ0n) is 10.2. The van der Waals surface area contributed by atoms with Crippen LogP contribution in [0.5, 0.6) is 0 Å². The first-order valence-corrected chi connectivity index (χ1v) is 5.76. The van der Waals surface area contributed by atoms with Gasteiger partial charge in [-0.15, -0.1) is 0 Å². The Morgan fingerprint density at radius 2 is 2.00 bits per heavy atom. The van der Waals surface area contributed by atoms with Crippen molar-refractivity contribution in [3.8, 4) is 6.07 Å². The van der Waals surface area contributed by atoms with Crippen molar-refractivity contribution in [2.24, 2.45) is 5.41 Å². The molecule has 0 saturated heterocycles. The Bertz CT molecular complexity index is 440. The van der Waals surface area contributed by atoms with E-state index in [-0.39, 0.29) is 5.41 Å². The van der Waals surface area contributed by atoms with E-state index in [1.54, 1.807) is 0 Å². The Hall–Kier alpha value is -1.49. The summed E-state index contributed by atoms with van der Waals surface area (Å²) in [5, 5.41) is 12.8. The molecule has 1 aliphatic carbocycles. The third-order valence-electron chi connectivity index (χ3n) is 3.96. The van der Waals surface area contributed by atoms with Crippen molar-refractivity contribution in [3.63, 3.8) is 0 Å². The molecule has 2 heteroatoms. The molecule has 1 unspecified atom stereocenters. The molecule has 0 aromatic heterocycles. The molecule has 1 aromatic carbocycles. The van der Waals surface area contributed by atoms with E-state index < -0.39 is 5.54 Å². The highest BCUT2D eigenvalue weighted by atomic mass is 15.0. The largest absolute Gasteiger partial charge is 0.367 e. The first-order valence-electron chi connectivity index (χ1n) is 5.76. The van der Waals surface area contributed by atoms with Crippen LogP contribution in [-0.2, 0) is 0 Å². The molecule has 1 fully saturated rings. The Morgan fingerprint density at radius 1 is 1.38 bits per heavy atom. The van der Waals surface area contributed by atoms with Crippen molar-refractivity contribution < 1.29 is 0 Å². The van der Waals surface area contributed by atoms with Crippen molar-refractivity contribution in [1.29, 1.82) is 5.26 Å². The summed E-state index contributed by atoms with van der Waals surface area (Å²) in [5.41, 5.74) is 1.93. The molecule has 0 radical (unpaired) electrons. The number of hydrogen-bond acceptors (Lipinski definition) is 2. The van der Waals surface area contributed by atoms with Gasteiger partial charge in [0, 0.05) is 11.1 Å². The average Bonchev–Trinajstić information content (AvgIpc) is 3.01. The molecular formula is C14H18N2. The molecule has 2 nitrogen and oxygen atoms in total. The predicted octanol–water partition coefficient (Wildman–Crippen LogP) is 3.49. The van der Waals surface area contributed by atoms with Crippen LogP contribution in [0.15, 0.2) is 24.3 Å². The van der Waals surface area contributed by atoms with Crippen LogP contribution in [0.3, 0.4) is 0 Å². The molecule has 0 bridgehead atoms. The zero-order valence-corrected chi connectivity index (χ0v) is 10.2. The van der Waals surface area contributed by atoms with E-state index in [2.05, 4.69) is 31.3 Å². The Balaban J connectivity index is 2.27. The summed E-state index contributed by atoms with van der Waals surface area (Å²) in [6.45, 7) is 6.25. The molecule has 1 aliphatic rings. The second-order valence-corrected chi connectivity index (χ2v) is 5.24. The number of nitriles is 1. The van der Waals surface area contributed by atoms with E-state index in [1.165, 1.54) is 5.56 Å². The number of para-hydroxylation sites is 1. The lowest BCUT2D eigenvalue weighted by molar-refractivity contribution is 0.405. The average molecular weight is 214 g/mol. The van der Waals surface area contributed by atoms with Crippen LogP contribution >= 0.6 is 0 Å². The van der Waals surface area contributed by atoms with Crippen LogP contribution in [-0.4, -0.2) is 5.54 Å². The van der Waals surface area contributed by atoms with E-state index in [1.807, 2.05) is 25.1 Å². The SMILES string of the molecule is Cc1ccccc1NC(C)(C#N)C1(C)CC1. The monoisotopic (exact) mass is 214 g/mol. The second-order valence-electron chi connectivity index (χ2n) is 5.24. The van der Waals surface area contributed by atoms with Gasteiger partial charge < -0.3 is 5.32 Å². The molecule has 1 aromatic rings. The normalized spacial score (nSPS) is 20.6. The summed E-state index contributed by atoms with van der Waals surface area (Å²) in [4.78, 5) is 0. The molecule has 2 rings (SSSR count). The number of anilines is 1. The molecule has 0 aliphatic heterocycles. The number of hydrogen-bond donors (Lipinski definition) is 1. The first-order chi connectivity index (χ1) is 7.51. The fraction of sp³-hybridized carbons (Fsp3) is 0.500. The standard InChI is InChI=1S/C14H18N2/c1-11-6-4-5-7-12(11)16-14(3,10-15)13(2)8-9-13/h4-7,16H,8-9H2,1-3H3. The van der Waals surface area contributed by atoms with E-state index in [0.717, 1.165) is 18.5 Å². The molecule has 1 atom stereocenters. The minimum Gasteiger partial charge on any atom is -0.367 e. The molecule has 0 amide bonds. The minimum atomic E-state index is -0.459. The predicted molar refractivity (Wildman–Crippen MR) is 66.2 cm³/mol. The van der Waals surface area contributed by atoms with Crippen LogP contribution in [0.4, 0.5) is 5.69 Å².